The number of rotatable bonds is 6. The number of tetrazole rings is 1. The number of H-pyrrole nitrogens is 1. The van der Waals surface area contributed by atoms with Crippen molar-refractivity contribution in [3.8, 4) is 28.3 Å². The summed E-state index contributed by atoms with van der Waals surface area (Å²) in [6, 6.07) is 18.7. The lowest BCUT2D eigenvalue weighted by Crippen LogP contribution is -2.10. The van der Waals surface area contributed by atoms with Crippen LogP contribution in [0.4, 0.5) is 0 Å². The number of aromatic nitrogens is 5. The van der Waals surface area contributed by atoms with Gasteiger partial charge < -0.3 is 4.74 Å². The molecule has 5 rings (SSSR count). The van der Waals surface area contributed by atoms with Crippen LogP contribution in [0.2, 0.25) is 0 Å². The molecule has 2 aromatic heterocycles. The molecule has 2 aromatic carbocycles. The number of hydrogen-bond donors (Lipinski definition) is 1. The van der Waals surface area contributed by atoms with Crippen molar-refractivity contribution >= 4 is 0 Å². The zero-order valence-corrected chi connectivity index (χ0v) is 17.6. The van der Waals surface area contributed by atoms with E-state index in [0.29, 0.717) is 12.4 Å². The third kappa shape index (κ3) is 4.06. The van der Waals surface area contributed by atoms with Crippen LogP contribution in [-0.4, -0.2) is 25.6 Å². The minimum Gasteiger partial charge on any atom is -0.488 e. The fraction of sp³-hybridized carbons (Fsp3) is 0.280. The van der Waals surface area contributed by atoms with E-state index in [2.05, 4.69) is 63.9 Å². The summed E-state index contributed by atoms with van der Waals surface area (Å²) in [5, 5.41) is 14.7. The van der Waals surface area contributed by atoms with Crippen LogP contribution in [0.5, 0.6) is 5.75 Å². The van der Waals surface area contributed by atoms with Gasteiger partial charge in [0.2, 0.25) is 5.82 Å². The van der Waals surface area contributed by atoms with Crippen LogP contribution in [0.25, 0.3) is 22.5 Å². The van der Waals surface area contributed by atoms with E-state index in [1.807, 2.05) is 18.2 Å². The maximum Gasteiger partial charge on any atom is 0.205 e. The van der Waals surface area contributed by atoms with Gasteiger partial charge in [0.05, 0.1) is 0 Å². The molecule has 0 saturated heterocycles. The topological polar surface area (TPSA) is 76.6 Å². The number of aryl methyl sites for hydroxylation is 2. The number of ether oxygens (including phenoxy) is 1. The van der Waals surface area contributed by atoms with Crippen LogP contribution < -0.4 is 4.74 Å². The van der Waals surface area contributed by atoms with E-state index in [9.17, 15) is 0 Å². The third-order valence-electron chi connectivity index (χ3n) is 5.82. The molecule has 2 heterocycles. The number of aromatic amines is 1. The smallest absolute Gasteiger partial charge is 0.205 e. The maximum atomic E-state index is 6.35. The highest BCUT2D eigenvalue weighted by Gasteiger charge is 2.18. The Kier molecular flexibility index (Phi) is 5.44. The molecule has 0 fully saturated rings. The number of benzene rings is 2. The SMILES string of the molecule is CCc1cc(OCc2ccc(-c3ccccc3)c(-c3nn[nH]n3)c2)c2c(n1)CCCC2. The molecule has 156 valence electrons. The molecule has 6 nitrogen and oxygen atoms in total. The van der Waals surface area contributed by atoms with Gasteiger partial charge in [-0.3, -0.25) is 4.98 Å². The molecule has 0 amide bonds. The van der Waals surface area contributed by atoms with E-state index in [1.54, 1.807) is 0 Å². The Morgan fingerprint density at radius 3 is 2.65 bits per heavy atom. The molecule has 0 atom stereocenters. The number of nitrogens with zero attached hydrogens (tertiary/aromatic N) is 4. The van der Waals surface area contributed by atoms with Crippen molar-refractivity contribution in [3.63, 3.8) is 0 Å². The summed E-state index contributed by atoms with van der Waals surface area (Å²) >= 11 is 0. The molecule has 6 heteroatoms. The van der Waals surface area contributed by atoms with Crippen LogP contribution in [0.1, 0.15) is 42.3 Å². The van der Waals surface area contributed by atoms with Gasteiger partial charge in [0, 0.05) is 28.6 Å². The second-order valence-electron chi connectivity index (χ2n) is 7.87. The Bertz CT molecular complexity index is 1170. The van der Waals surface area contributed by atoms with Gasteiger partial charge in [-0.2, -0.15) is 5.21 Å². The van der Waals surface area contributed by atoms with Crippen molar-refractivity contribution in [3.05, 3.63) is 77.1 Å². The first kappa shape index (κ1) is 19.4. The summed E-state index contributed by atoms with van der Waals surface area (Å²) in [6.45, 7) is 2.63. The minimum atomic E-state index is 0.486. The van der Waals surface area contributed by atoms with Crippen LogP contribution in [0, 0.1) is 0 Å². The molecule has 0 unspecified atom stereocenters. The van der Waals surface area contributed by atoms with Gasteiger partial charge in [-0.25, -0.2) is 0 Å². The molecule has 31 heavy (non-hydrogen) atoms. The molecule has 1 aliphatic rings. The van der Waals surface area contributed by atoms with Gasteiger partial charge in [-0.15, -0.1) is 10.2 Å². The number of fused-ring (bicyclic) bond motifs is 1. The number of hydrogen-bond acceptors (Lipinski definition) is 5. The Morgan fingerprint density at radius 1 is 0.968 bits per heavy atom. The highest BCUT2D eigenvalue weighted by atomic mass is 16.5. The number of pyridine rings is 1. The molecule has 1 aliphatic carbocycles. The molecule has 0 aliphatic heterocycles. The molecule has 0 bridgehead atoms. The second kappa shape index (κ2) is 8.68. The highest BCUT2D eigenvalue weighted by Crippen LogP contribution is 2.33. The van der Waals surface area contributed by atoms with Gasteiger partial charge in [0.15, 0.2) is 0 Å². The maximum absolute atomic E-state index is 6.35. The molecular weight excluding hydrogens is 386 g/mol. The molecule has 0 saturated carbocycles. The summed E-state index contributed by atoms with van der Waals surface area (Å²) in [4.78, 5) is 4.83. The quantitative estimate of drug-likeness (QED) is 0.486. The second-order valence-corrected chi connectivity index (χ2v) is 7.87. The van der Waals surface area contributed by atoms with Crippen molar-refractivity contribution in [2.24, 2.45) is 0 Å². The first-order chi connectivity index (χ1) is 15.3. The van der Waals surface area contributed by atoms with E-state index in [-0.39, 0.29) is 0 Å². The normalized spacial score (nSPS) is 13.1. The lowest BCUT2D eigenvalue weighted by Gasteiger charge is -2.20. The zero-order valence-electron chi connectivity index (χ0n) is 17.6. The molecule has 4 aromatic rings. The predicted octanol–water partition coefficient (Wildman–Crippen LogP) is 4.95. The molecule has 0 radical (unpaired) electrons. The van der Waals surface area contributed by atoms with Crippen molar-refractivity contribution in [2.75, 3.05) is 0 Å². The van der Waals surface area contributed by atoms with E-state index in [1.165, 1.54) is 24.1 Å². The summed E-state index contributed by atoms with van der Waals surface area (Å²) < 4.78 is 6.35. The van der Waals surface area contributed by atoms with Crippen molar-refractivity contribution in [1.29, 1.82) is 0 Å². The lowest BCUT2D eigenvalue weighted by atomic mass is 9.94. The predicted molar refractivity (Wildman–Crippen MR) is 120 cm³/mol. The molecular formula is C25H25N5O. The van der Waals surface area contributed by atoms with Gasteiger partial charge >= 0.3 is 0 Å². The standard InChI is InChI=1S/C25H25N5O/c1-2-19-15-24(21-10-6-7-11-23(21)26-19)31-16-17-12-13-20(18-8-4-3-5-9-18)22(14-17)25-27-29-30-28-25/h3-5,8-9,12-15H,2,6-7,10-11,16H2,1H3,(H,27,28,29,30). The van der Waals surface area contributed by atoms with Gasteiger partial charge in [0.25, 0.3) is 0 Å². The third-order valence-corrected chi connectivity index (χ3v) is 5.82. The minimum absolute atomic E-state index is 0.486. The average Bonchev–Trinajstić information content (AvgIpc) is 3.37. The Balaban J connectivity index is 1.46. The zero-order chi connectivity index (χ0) is 21.0. The van der Waals surface area contributed by atoms with E-state index < -0.39 is 0 Å². The Labute approximate surface area is 181 Å². The van der Waals surface area contributed by atoms with Gasteiger partial charge in [-0.1, -0.05) is 49.4 Å². The highest BCUT2D eigenvalue weighted by molar-refractivity contribution is 5.80. The van der Waals surface area contributed by atoms with Gasteiger partial charge in [0.1, 0.15) is 12.4 Å². The van der Waals surface area contributed by atoms with E-state index in [4.69, 9.17) is 9.72 Å². The first-order valence-electron chi connectivity index (χ1n) is 10.9. The van der Waals surface area contributed by atoms with Crippen LogP contribution in [-0.2, 0) is 25.9 Å². The summed E-state index contributed by atoms with van der Waals surface area (Å²) in [6.07, 6.45) is 5.42. The summed E-state index contributed by atoms with van der Waals surface area (Å²) in [7, 11) is 0. The first-order valence-corrected chi connectivity index (χ1v) is 10.9. The fourth-order valence-electron chi connectivity index (χ4n) is 4.20. The molecule has 0 spiro atoms. The molecule has 1 N–H and O–H groups in total. The number of nitrogens with one attached hydrogen (secondary N) is 1. The van der Waals surface area contributed by atoms with E-state index >= 15 is 0 Å². The van der Waals surface area contributed by atoms with Gasteiger partial charge in [-0.05, 0) is 60.1 Å². The van der Waals surface area contributed by atoms with Crippen LogP contribution >= 0.6 is 0 Å². The van der Waals surface area contributed by atoms with Crippen LogP contribution in [0.15, 0.2) is 54.6 Å². The van der Waals surface area contributed by atoms with Crippen molar-refractivity contribution in [2.45, 2.75) is 45.6 Å². The largest absolute Gasteiger partial charge is 0.488 e. The summed E-state index contributed by atoms with van der Waals surface area (Å²) in [5.74, 6) is 1.56. The lowest BCUT2D eigenvalue weighted by molar-refractivity contribution is 0.300. The average molecular weight is 412 g/mol. The van der Waals surface area contributed by atoms with Crippen LogP contribution in [0.3, 0.4) is 0 Å². The fourth-order valence-corrected chi connectivity index (χ4v) is 4.20. The van der Waals surface area contributed by atoms with Crippen molar-refractivity contribution in [1.82, 2.24) is 25.6 Å². The van der Waals surface area contributed by atoms with Crippen molar-refractivity contribution < 1.29 is 4.74 Å². The summed E-state index contributed by atoms with van der Waals surface area (Å²) in [5.41, 5.74) is 7.79. The Morgan fingerprint density at radius 2 is 1.84 bits per heavy atom. The monoisotopic (exact) mass is 411 g/mol. The van der Waals surface area contributed by atoms with E-state index in [0.717, 1.165) is 53.0 Å². The Hall–Kier alpha value is -3.54.